The molecule has 0 amide bonds. The molecule has 2 atom stereocenters. The van der Waals surface area contributed by atoms with E-state index in [1.807, 2.05) is 24.4 Å². The van der Waals surface area contributed by atoms with Crippen molar-refractivity contribution in [3.05, 3.63) is 66.4 Å². The first-order valence-corrected chi connectivity index (χ1v) is 11.6. The molecule has 4 N–H and O–H groups in total. The topological polar surface area (TPSA) is 106 Å². The first-order chi connectivity index (χ1) is 14.4. The molecular formula is C22H27N3O4S. The van der Waals surface area contributed by atoms with Crippen LogP contribution in [-0.2, 0) is 16.4 Å². The zero-order valence-electron chi connectivity index (χ0n) is 16.7. The van der Waals surface area contributed by atoms with Gasteiger partial charge in [0.2, 0.25) is 10.0 Å². The van der Waals surface area contributed by atoms with Crippen LogP contribution in [0, 0.1) is 0 Å². The van der Waals surface area contributed by atoms with Crippen molar-refractivity contribution in [1.82, 2.24) is 14.6 Å². The second kappa shape index (κ2) is 8.49. The summed E-state index contributed by atoms with van der Waals surface area (Å²) >= 11 is 0. The summed E-state index contributed by atoms with van der Waals surface area (Å²) in [6, 6.07) is 16.2. The first-order valence-electron chi connectivity index (χ1n) is 10.1. The Hall–Kier alpha value is -2.23. The SMILES string of the molecule is O=S(=O)(c1ccccc1)N1CC[C@@H](O)[C@](O)(CNCCc2c[nH]c3ccccc23)C1. The molecule has 0 saturated carbocycles. The van der Waals surface area contributed by atoms with Crippen LogP contribution in [0.1, 0.15) is 12.0 Å². The molecule has 1 fully saturated rings. The Morgan fingerprint density at radius 3 is 2.67 bits per heavy atom. The third kappa shape index (κ3) is 4.14. The van der Waals surface area contributed by atoms with Gasteiger partial charge in [0.15, 0.2) is 0 Å². The minimum absolute atomic E-state index is 0.108. The molecule has 1 aliphatic rings. The van der Waals surface area contributed by atoms with Gasteiger partial charge in [0.25, 0.3) is 0 Å². The van der Waals surface area contributed by atoms with E-state index in [0.717, 1.165) is 17.3 Å². The first kappa shape index (κ1) is 21.0. The molecule has 1 aliphatic heterocycles. The van der Waals surface area contributed by atoms with Crippen LogP contribution in [0.25, 0.3) is 10.9 Å². The molecule has 3 aromatic rings. The highest BCUT2D eigenvalue weighted by Gasteiger charge is 2.44. The largest absolute Gasteiger partial charge is 0.390 e. The molecule has 30 heavy (non-hydrogen) atoms. The average molecular weight is 430 g/mol. The van der Waals surface area contributed by atoms with E-state index in [9.17, 15) is 18.6 Å². The minimum Gasteiger partial charge on any atom is -0.390 e. The highest BCUT2D eigenvalue weighted by atomic mass is 32.2. The number of aliphatic hydroxyl groups is 2. The van der Waals surface area contributed by atoms with Crippen LogP contribution in [0.4, 0.5) is 0 Å². The summed E-state index contributed by atoms with van der Waals surface area (Å²) in [4.78, 5) is 3.43. The molecule has 0 aliphatic carbocycles. The van der Waals surface area contributed by atoms with Gasteiger partial charge in [-0.1, -0.05) is 36.4 Å². The van der Waals surface area contributed by atoms with Crippen molar-refractivity contribution < 1.29 is 18.6 Å². The smallest absolute Gasteiger partial charge is 0.243 e. The summed E-state index contributed by atoms with van der Waals surface area (Å²) in [5.41, 5.74) is 0.707. The minimum atomic E-state index is -3.72. The normalized spacial score (nSPS) is 23.1. The summed E-state index contributed by atoms with van der Waals surface area (Å²) in [5, 5.41) is 25.8. The molecule has 160 valence electrons. The number of aromatic amines is 1. The van der Waals surface area contributed by atoms with E-state index in [2.05, 4.69) is 16.4 Å². The van der Waals surface area contributed by atoms with Gasteiger partial charge in [-0.2, -0.15) is 4.31 Å². The molecule has 0 spiro atoms. The maximum atomic E-state index is 12.9. The van der Waals surface area contributed by atoms with Gasteiger partial charge in [-0.3, -0.25) is 0 Å². The fourth-order valence-corrected chi connectivity index (χ4v) is 5.55. The highest BCUT2D eigenvalue weighted by molar-refractivity contribution is 7.89. The van der Waals surface area contributed by atoms with Crippen LogP contribution in [0.5, 0.6) is 0 Å². The predicted molar refractivity (Wildman–Crippen MR) is 116 cm³/mol. The quantitative estimate of drug-likeness (QED) is 0.426. The zero-order valence-corrected chi connectivity index (χ0v) is 17.5. The Labute approximate surface area is 176 Å². The third-order valence-electron chi connectivity index (χ3n) is 5.78. The number of H-pyrrole nitrogens is 1. The van der Waals surface area contributed by atoms with E-state index in [1.165, 1.54) is 9.87 Å². The molecule has 0 radical (unpaired) electrons. The number of hydrogen-bond acceptors (Lipinski definition) is 5. The van der Waals surface area contributed by atoms with Gasteiger partial charge in [0.05, 0.1) is 11.0 Å². The van der Waals surface area contributed by atoms with Gasteiger partial charge in [-0.15, -0.1) is 0 Å². The Morgan fingerprint density at radius 2 is 1.87 bits per heavy atom. The molecule has 7 nitrogen and oxygen atoms in total. The number of sulfonamides is 1. The molecule has 4 rings (SSSR count). The molecular weight excluding hydrogens is 402 g/mol. The van der Waals surface area contributed by atoms with Crippen molar-refractivity contribution in [2.75, 3.05) is 26.2 Å². The van der Waals surface area contributed by atoms with Crippen LogP contribution in [0.2, 0.25) is 0 Å². The Kier molecular flexibility index (Phi) is 5.95. The van der Waals surface area contributed by atoms with Gasteiger partial charge in [-0.25, -0.2) is 8.42 Å². The van der Waals surface area contributed by atoms with Crippen molar-refractivity contribution in [3.8, 4) is 0 Å². The summed E-state index contributed by atoms with van der Waals surface area (Å²) in [6.07, 6.45) is 1.93. The lowest BCUT2D eigenvalue weighted by Crippen LogP contribution is -2.62. The molecule has 1 aromatic heterocycles. The van der Waals surface area contributed by atoms with Gasteiger partial charge in [0, 0.05) is 36.7 Å². The average Bonchev–Trinajstić information content (AvgIpc) is 3.17. The van der Waals surface area contributed by atoms with E-state index < -0.39 is 21.7 Å². The summed E-state index contributed by atoms with van der Waals surface area (Å²) in [7, 11) is -3.72. The van der Waals surface area contributed by atoms with Gasteiger partial charge < -0.3 is 20.5 Å². The number of rotatable bonds is 7. The number of nitrogens with one attached hydrogen (secondary N) is 2. The van der Waals surface area contributed by atoms with Gasteiger partial charge in [0.1, 0.15) is 5.60 Å². The lowest BCUT2D eigenvalue weighted by atomic mass is 9.90. The standard InChI is InChI=1S/C22H27N3O4S/c26-21-11-13-25(30(28,29)18-6-2-1-3-7-18)16-22(21,27)15-23-12-10-17-14-24-20-9-5-4-8-19(17)20/h1-9,14,21,23-24,26-27H,10-13,15-16H2/t21-,22+/m1/s1. The molecule has 2 heterocycles. The van der Waals surface area contributed by atoms with Gasteiger partial charge in [-0.05, 0) is 43.1 Å². The van der Waals surface area contributed by atoms with E-state index in [0.29, 0.717) is 6.54 Å². The monoisotopic (exact) mass is 429 g/mol. The molecule has 0 unspecified atom stereocenters. The molecule has 0 bridgehead atoms. The second-order valence-corrected chi connectivity index (χ2v) is 9.78. The predicted octanol–water partition coefficient (Wildman–Crippen LogP) is 1.49. The lowest BCUT2D eigenvalue weighted by molar-refractivity contribution is -0.104. The van der Waals surface area contributed by atoms with E-state index in [4.69, 9.17) is 0 Å². The van der Waals surface area contributed by atoms with E-state index in [-0.39, 0.29) is 31.0 Å². The molecule has 2 aromatic carbocycles. The van der Waals surface area contributed by atoms with Crippen molar-refractivity contribution >= 4 is 20.9 Å². The zero-order chi connectivity index (χ0) is 21.2. The number of fused-ring (bicyclic) bond motifs is 1. The number of hydrogen-bond donors (Lipinski definition) is 4. The number of nitrogens with zero attached hydrogens (tertiary/aromatic N) is 1. The van der Waals surface area contributed by atoms with Crippen LogP contribution >= 0.6 is 0 Å². The van der Waals surface area contributed by atoms with Crippen molar-refractivity contribution in [2.45, 2.75) is 29.4 Å². The highest BCUT2D eigenvalue weighted by Crippen LogP contribution is 2.26. The van der Waals surface area contributed by atoms with E-state index >= 15 is 0 Å². The van der Waals surface area contributed by atoms with Crippen LogP contribution in [-0.4, -0.2) is 65.8 Å². The third-order valence-corrected chi connectivity index (χ3v) is 7.64. The maximum absolute atomic E-state index is 12.9. The summed E-state index contributed by atoms with van der Waals surface area (Å²) in [6.45, 7) is 0.737. The number of para-hydroxylation sites is 1. The number of aromatic nitrogens is 1. The van der Waals surface area contributed by atoms with Gasteiger partial charge >= 0.3 is 0 Å². The number of benzene rings is 2. The second-order valence-electron chi connectivity index (χ2n) is 7.85. The fraction of sp³-hybridized carbons (Fsp3) is 0.364. The van der Waals surface area contributed by atoms with Crippen LogP contribution in [0.3, 0.4) is 0 Å². The molecule has 8 heteroatoms. The van der Waals surface area contributed by atoms with Crippen molar-refractivity contribution in [2.24, 2.45) is 0 Å². The fourth-order valence-electron chi connectivity index (χ4n) is 4.01. The van der Waals surface area contributed by atoms with Crippen LogP contribution < -0.4 is 5.32 Å². The lowest BCUT2D eigenvalue weighted by Gasteiger charge is -2.42. The van der Waals surface area contributed by atoms with Crippen molar-refractivity contribution in [3.63, 3.8) is 0 Å². The maximum Gasteiger partial charge on any atom is 0.243 e. The Balaban J connectivity index is 1.38. The van der Waals surface area contributed by atoms with Crippen LogP contribution in [0.15, 0.2) is 65.7 Å². The summed E-state index contributed by atoms with van der Waals surface area (Å²) in [5.74, 6) is 0. The van der Waals surface area contributed by atoms with E-state index in [1.54, 1.807) is 30.3 Å². The Bertz CT molecular complexity index is 1100. The number of piperidine rings is 1. The number of β-amino-alcohol motifs (C(OH)–C–C–N with tert-alkyl or cyclic N) is 1. The summed E-state index contributed by atoms with van der Waals surface area (Å²) < 4.78 is 27.1. The van der Waals surface area contributed by atoms with Crippen molar-refractivity contribution in [1.29, 1.82) is 0 Å². The Morgan fingerprint density at radius 1 is 1.13 bits per heavy atom. The molecule has 1 saturated heterocycles. The number of aliphatic hydroxyl groups excluding tert-OH is 1.